The van der Waals surface area contributed by atoms with E-state index < -0.39 is 11.9 Å². The first-order valence-corrected chi connectivity index (χ1v) is 14.3. The third-order valence-electron chi connectivity index (χ3n) is 6.12. The lowest BCUT2D eigenvalue weighted by Gasteiger charge is -2.37. The molecule has 0 aliphatic carbocycles. The predicted molar refractivity (Wildman–Crippen MR) is 163 cm³/mol. The Morgan fingerprint density at radius 2 is 1.26 bits per heavy atom. The zero-order chi connectivity index (χ0) is 30.8. The molecule has 0 N–H and O–H groups in total. The number of hydrogen-bond acceptors (Lipinski definition) is 8. The van der Waals surface area contributed by atoms with Crippen molar-refractivity contribution < 1.29 is 38.0 Å². The summed E-state index contributed by atoms with van der Waals surface area (Å²) in [7, 11) is 1.54. The molecule has 228 valence electrons. The zero-order valence-electron chi connectivity index (χ0n) is 25.3. The minimum absolute atomic E-state index is 0.0711. The number of allylic oxidation sites excluding steroid dienone is 2. The van der Waals surface area contributed by atoms with Gasteiger partial charge in [0, 0.05) is 12.0 Å². The highest BCUT2D eigenvalue weighted by Gasteiger charge is 2.33. The van der Waals surface area contributed by atoms with Gasteiger partial charge >= 0.3 is 11.9 Å². The van der Waals surface area contributed by atoms with Crippen LogP contribution in [-0.2, 0) is 18.9 Å². The molecule has 1 aliphatic heterocycles. The van der Waals surface area contributed by atoms with Gasteiger partial charge in [0.25, 0.3) is 0 Å². The number of esters is 2. The van der Waals surface area contributed by atoms with Crippen molar-refractivity contribution in [2.24, 2.45) is 5.41 Å². The van der Waals surface area contributed by atoms with Crippen LogP contribution in [0.25, 0.3) is 0 Å². The van der Waals surface area contributed by atoms with Crippen LogP contribution in [0.1, 0.15) is 67.2 Å². The van der Waals surface area contributed by atoms with Crippen molar-refractivity contribution in [2.45, 2.75) is 46.5 Å². The second-order valence-corrected chi connectivity index (χ2v) is 9.92. The Morgan fingerprint density at radius 1 is 0.786 bits per heavy atom. The first-order chi connectivity index (χ1) is 20.3. The van der Waals surface area contributed by atoms with Crippen molar-refractivity contribution in [1.29, 1.82) is 0 Å². The zero-order valence-corrected chi connectivity index (χ0v) is 25.3. The average Bonchev–Trinajstić information content (AvgIpc) is 2.99. The molecule has 3 rings (SSSR count). The van der Waals surface area contributed by atoms with E-state index in [0.717, 1.165) is 52.1 Å². The molecule has 0 aromatic heterocycles. The number of hydrogen-bond donors (Lipinski definition) is 0. The van der Waals surface area contributed by atoms with E-state index in [4.69, 9.17) is 28.4 Å². The van der Waals surface area contributed by atoms with Gasteiger partial charge in [-0.05, 0) is 79.9 Å². The first-order valence-electron chi connectivity index (χ1n) is 14.3. The molecule has 42 heavy (non-hydrogen) atoms. The minimum Gasteiger partial charge on any atom is -0.497 e. The molecule has 1 saturated heterocycles. The van der Waals surface area contributed by atoms with Gasteiger partial charge in [0.2, 0.25) is 0 Å². The van der Waals surface area contributed by atoms with Gasteiger partial charge in [-0.25, -0.2) is 9.59 Å². The molecule has 0 atom stereocenters. The number of benzene rings is 2. The van der Waals surface area contributed by atoms with Crippen LogP contribution in [0.4, 0.5) is 0 Å². The van der Waals surface area contributed by atoms with Crippen LogP contribution >= 0.6 is 0 Å². The molecule has 2 aromatic carbocycles. The van der Waals surface area contributed by atoms with Crippen molar-refractivity contribution in [3.8, 4) is 11.5 Å². The number of unbranched alkanes of at least 4 members (excludes halogenated alkanes) is 3. The van der Waals surface area contributed by atoms with Gasteiger partial charge < -0.3 is 28.4 Å². The summed E-state index contributed by atoms with van der Waals surface area (Å²) in [5.74, 6) is 0.319. The number of ether oxygens (including phenoxy) is 6. The molecule has 8 heteroatoms. The standard InChI is InChI=1S/C32H38O8.C2H6/c1-24(39-30(33)26-11-15-28(35-4)16-12-26)9-10-25(2)40-31(34)27-13-17-29(18-14-27)38-20-8-6-5-7-19-36-21-32(3)22-37-23-32;1-2/h9-18H,1-2,5-8,19-23H2,3-4H3;1-2H3/b10-9-;. The van der Waals surface area contributed by atoms with Crippen LogP contribution in [-0.4, -0.2) is 52.1 Å². The highest BCUT2D eigenvalue weighted by Crippen LogP contribution is 2.26. The van der Waals surface area contributed by atoms with Gasteiger partial charge in [0.05, 0.1) is 44.7 Å². The molecule has 1 aliphatic rings. The maximum atomic E-state index is 12.4. The summed E-state index contributed by atoms with van der Waals surface area (Å²) in [6.45, 7) is 17.3. The van der Waals surface area contributed by atoms with Crippen LogP contribution in [0.3, 0.4) is 0 Å². The molecule has 0 saturated carbocycles. The molecule has 0 bridgehead atoms. The number of methoxy groups -OCH3 is 1. The van der Waals surface area contributed by atoms with E-state index in [1.54, 1.807) is 55.6 Å². The van der Waals surface area contributed by atoms with Gasteiger partial charge in [0.15, 0.2) is 0 Å². The summed E-state index contributed by atoms with van der Waals surface area (Å²) in [4.78, 5) is 24.6. The smallest absolute Gasteiger partial charge is 0.343 e. The molecule has 8 nitrogen and oxygen atoms in total. The van der Waals surface area contributed by atoms with Crippen LogP contribution in [0.15, 0.2) is 85.4 Å². The van der Waals surface area contributed by atoms with Crippen LogP contribution < -0.4 is 9.47 Å². The topological polar surface area (TPSA) is 89.5 Å². The molecule has 2 aromatic rings. The number of carbonyl (C=O) groups is 2. The normalized spacial score (nSPS) is 13.2. The third kappa shape index (κ3) is 12.3. The van der Waals surface area contributed by atoms with Crippen molar-refractivity contribution in [2.75, 3.05) is 40.1 Å². The minimum atomic E-state index is -0.572. The largest absolute Gasteiger partial charge is 0.497 e. The van der Waals surface area contributed by atoms with E-state index in [1.807, 2.05) is 13.8 Å². The van der Waals surface area contributed by atoms with Crippen molar-refractivity contribution in [3.05, 3.63) is 96.5 Å². The molecule has 0 amide bonds. The summed E-state index contributed by atoms with van der Waals surface area (Å²) in [6, 6.07) is 13.2. The van der Waals surface area contributed by atoms with Gasteiger partial charge in [-0.3, -0.25) is 0 Å². The lowest BCUT2D eigenvalue weighted by atomic mass is 9.90. The van der Waals surface area contributed by atoms with E-state index in [-0.39, 0.29) is 16.9 Å². The molecule has 0 unspecified atom stereocenters. The van der Waals surface area contributed by atoms with Gasteiger partial charge in [-0.15, -0.1) is 0 Å². The van der Waals surface area contributed by atoms with E-state index in [9.17, 15) is 9.59 Å². The number of rotatable bonds is 17. The Balaban J connectivity index is 0.00000301. The quantitative estimate of drug-likeness (QED) is 0.0833. The average molecular weight is 581 g/mol. The highest BCUT2D eigenvalue weighted by molar-refractivity contribution is 5.91. The Bertz CT molecular complexity index is 1160. The fourth-order valence-electron chi connectivity index (χ4n) is 3.73. The third-order valence-corrected chi connectivity index (χ3v) is 6.12. The fraction of sp³-hybridized carbons (Fsp3) is 0.412. The van der Waals surface area contributed by atoms with Crippen molar-refractivity contribution in [1.82, 2.24) is 0 Å². The van der Waals surface area contributed by atoms with E-state index in [0.29, 0.717) is 29.2 Å². The Labute approximate surface area is 249 Å². The van der Waals surface area contributed by atoms with E-state index >= 15 is 0 Å². The predicted octanol–water partition coefficient (Wildman–Crippen LogP) is 7.31. The Morgan fingerprint density at radius 3 is 1.71 bits per heavy atom. The van der Waals surface area contributed by atoms with Crippen molar-refractivity contribution >= 4 is 11.9 Å². The Hall–Kier alpha value is -3.88. The van der Waals surface area contributed by atoms with Gasteiger partial charge in [-0.2, -0.15) is 0 Å². The maximum Gasteiger partial charge on any atom is 0.343 e. The SMILES string of the molecule is C=C(/C=C\C(=C)OC(=O)c1ccc(OCCCCCCOCC2(C)COC2)cc1)OC(=O)c1ccc(OC)cc1.CC. The molecule has 1 fully saturated rings. The lowest BCUT2D eigenvalue weighted by Crippen LogP contribution is -2.43. The van der Waals surface area contributed by atoms with E-state index in [2.05, 4.69) is 20.1 Å². The molecule has 1 heterocycles. The number of carbonyl (C=O) groups excluding carboxylic acids is 2. The summed E-state index contributed by atoms with van der Waals surface area (Å²) in [6.07, 6.45) is 6.94. The van der Waals surface area contributed by atoms with Gasteiger partial charge in [0.1, 0.15) is 23.0 Å². The van der Waals surface area contributed by atoms with Crippen LogP contribution in [0.5, 0.6) is 11.5 Å². The summed E-state index contributed by atoms with van der Waals surface area (Å²) in [5.41, 5.74) is 0.908. The summed E-state index contributed by atoms with van der Waals surface area (Å²) >= 11 is 0. The van der Waals surface area contributed by atoms with E-state index in [1.165, 1.54) is 12.2 Å². The van der Waals surface area contributed by atoms with Gasteiger partial charge in [-0.1, -0.05) is 40.3 Å². The van der Waals surface area contributed by atoms with Crippen LogP contribution in [0.2, 0.25) is 0 Å². The second-order valence-electron chi connectivity index (χ2n) is 9.92. The first kappa shape index (κ1) is 34.3. The van der Waals surface area contributed by atoms with Crippen molar-refractivity contribution in [3.63, 3.8) is 0 Å². The molecular weight excluding hydrogens is 536 g/mol. The molecule has 0 spiro atoms. The molecular formula is C34H44O8. The summed E-state index contributed by atoms with van der Waals surface area (Å²) < 4.78 is 32.3. The summed E-state index contributed by atoms with van der Waals surface area (Å²) in [5, 5.41) is 0. The highest BCUT2D eigenvalue weighted by atomic mass is 16.5. The monoisotopic (exact) mass is 580 g/mol. The fourth-order valence-corrected chi connectivity index (χ4v) is 3.73. The van der Waals surface area contributed by atoms with Crippen LogP contribution in [0, 0.1) is 5.41 Å². The molecule has 0 radical (unpaired) electrons. The maximum absolute atomic E-state index is 12.4. The lowest BCUT2D eigenvalue weighted by molar-refractivity contribution is -0.137. The Kier molecular flexibility index (Phi) is 15.1. The second kappa shape index (κ2) is 18.5.